The molecule has 0 radical (unpaired) electrons. The van der Waals surface area contributed by atoms with E-state index >= 15 is 0 Å². The van der Waals surface area contributed by atoms with Gasteiger partial charge in [-0.3, -0.25) is 9.80 Å². The van der Waals surface area contributed by atoms with Crippen LogP contribution in [0.3, 0.4) is 0 Å². The Morgan fingerprint density at radius 2 is 1.75 bits per heavy atom. The SMILES string of the molecule is CC(C(=O)O)N(N)C(=O)C(=O)O. The summed E-state index contributed by atoms with van der Waals surface area (Å²) in [6, 6.07) is -1.35. The normalized spacial score (nSPS) is 11.8. The number of hydrogen-bond acceptors (Lipinski definition) is 4. The first-order valence-electron chi connectivity index (χ1n) is 2.92. The molecule has 0 aliphatic heterocycles. The summed E-state index contributed by atoms with van der Waals surface area (Å²) in [5.74, 6) is 0.276. The summed E-state index contributed by atoms with van der Waals surface area (Å²) >= 11 is 0. The summed E-state index contributed by atoms with van der Waals surface area (Å²) in [6.45, 7) is 1.10. The van der Waals surface area contributed by atoms with Crippen LogP contribution in [0.2, 0.25) is 0 Å². The van der Waals surface area contributed by atoms with Gasteiger partial charge >= 0.3 is 17.8 Å². The van der Waals surface area contributed by atoms with Crippen molar-refractivity contribution in [1.29, 1.82) is 0 Å². The Labute approximate surface area is 67.3 Å². The number of amides is 1. The minimum absolute atomic E-state index is 0.144. The molecule has 0 saturated carbocycles. The summed E-state index contributed by atoms with van der Waals surface area (Å²) in [5.41, 5.74) is 0. The van der Waals surface area contributed by atoms with Gasteiger partial charge < -0.3 is 10.2 Å². The fourth-order valence-electron chi connectivity index (χ4n) is 0.405. The molecule has 0 saturated heterocycles. The van der Waals surface area contributed by atoms with E-state index in [4.69, 9.17) is 16.1 Å². The smallest absolute Gasteiger partial charge is 0.396 e. The third-order valence-electron chi connectivity index (χ3n) is 1.19. The summed E-state index contributed by atoms with van der Waals surface area (Å²) in [6.07, 6.45) is 0. The van der Waals surface area contributed by atoms with E-state index < -0.39 is 23.9 Å². The minimum Gasteiger partial charge on any atom is -0.480 e. The van der Waals surface area contributed by atoms with Gasteiger partial charge in [-0.15, -0.1) is 0 Å². The molecule has 0 aromatic heterocycles. The number of carbonyl (C=O) groups excluding carboxylic acids is 1. The van der Waals surface area contributed by atoms with Crippen LogP contribution in [0.25, 0.3) is 0 Å². The zero-order valence-electron chi connectivity index (χ0n) is 6.22. The predicted octanol–water partition coefficient (Wildman–Crippen LogP) is -1.75. The molecule has 0 rings (SSSR count). The van der Waals surface area contributed by atoms with Crippen LogP contribution in [-0.2, 0) is 14.4 Å². The van der Waals surface area contributed by atoms with Crippen molar-refractivity contribution in [1.82, 2.24) is 5.01 Å². The Morgan fingerprint density at radius 1 is 1.33 bits per heavy atom. The Balaban J connectivity index is 4.39. The van der Waals surface area contributed by atoms with Crippen molar-refractivity contribution >= 4 is 17.8 Å². The summed E-state index contributed by atoms with van der Waals surface area (Å²) < 4.78 is 0. The maximum Gasteiger partial charge on any atom is 0.396 e. The molecular formula is C5H8N2O5. The molecule has 0 aromatic rings. The van der Waals surface area contributed by atoms with Gasteiger partial charge in [0.2, 0.25) is 0 Å². The molecule has 1 amide bonds. The van der Waals surface area contributed by atoms with E-state index in [2.05, 4.69) is 0 Å². The number of nitrogens with two attached hydrogens (primary N) is 1. The second-order valence-electron chi connectivity index (χ2n) is 2.03. The second-order valence-corrected chi connectivity index (χ2v) is 2.03. The molecule has 68 valence electrons. The molecule has 0 aromatic carbocycles. The van der Waals surface area contributed by atoms with Crippen molar-refractivity contribution in [2.24, 2.45) is 5.84 Å². The summed E-state index contributed by atoms with van der Waals surface area (Å²) in [5, 5.41) is 16.6. The molecule has 0 bridgehead atoms. The molecule has 7 heteroatoms. The predicted molar refractivity (Wildman–Crippen MR) is 35.8 cm³/mol. The highest BCUT2D eigenvalue weighted by atomic mass is 16.4. The Bertz CT molecular complexity index is 226. The highest BCUT2D eigenvalue weighted by molar-refractivity contribution is 6.31. The van der Waals surface area contributed by atoms with Crippen LogP contribution in [0.1, 0.15) is 6.92 Å². The zero-order chi connectivity index (χ0) is 9.89. The highest BCUT2D eigenvalue weighted by Gasteiger charge is 2.26. The van der Waals surface area contributed by atoms with Crippen molar-refractivity contribution in [3.05, 3.63) is 0 Å². The van der Waals surface area contributed by atoms with Crippen LogP contribution in [0.15, 0.2) is 0 Å². The largest absolute Gasteiger partial charge is 0.480 e. The van der Waals surface area contributed by atoms with E-state index in [0.29, 0.717) is 0 Å². The first kappa shape index (κ1) is 10.4. The molecule has 7 nitrogen and oxygen atoms in total. The van der Waals surface area contributed by atoms with Crippen LogP contribution in [0.5, 0.6) is 0 Å². The lowest BCUT2D eigenvalue weighted by Crippen LogP contribution is -2.50. The van der Waals surface area contributed by atoms with Crippen molar-refractivity contribution < 1.29 is 24.6 Å². The van der Waals surface area contributed by atoms with Gasteiger partial charge in [-0.1, -0.05) is 0 Å². The number of carbonyl (C=O) groups is 3. The molecule has 0 aliphatic rings. The Hall–Kier alpha value is -1.63. The van der Waals surface area contributed by atoms with Gasteiger partial charge in [0.15, 0.2) is 0 Å². The molecule has 1 atom stereocenters. The number of carboxylic acid groups (broad SMARTS) is 2. The maximum absolute atomic E-state index is 10.5. The third-order valence-corrected chi connectivity index (χ3v) is 1.19. The van der Waals surface area contributed by atoms with E-state index in [-0.39, 0.29) is 5.01 Å². The van der Waals surface area contributed by atoms with Gasteiger partial charge in [-0.2, -0.15) is 0 Å². The third kappa shape index (κ3) is 2.20. The van der Waals surface area contributed by atoms with Crippen LogP contribution >= 0.6 is 0 Å². The van der Waals surface area contributed by atoms with Gasteiger partial charge in [0.25, 0.3) is 0 Å². The summed E-state index contributed by atoms with van der Waals surface area (Å²) in [4.78, 5) is 30.7. The Kier molecular flexibility index (Phi) is 3.17. The molecule has 12 heavy (non-hydrogen) atoms. The number of aliphatic carboxylic acids is 2. The van der Waals surface area contributed by atoms with E-state index in [0.717, 1.165) is 6.92 Å². The second kappa shape index (κ2) is 3.67. The van der Waals surface area contributed by atoms with Crippen LogP contribution in [-0.4, -0.2) is 39.1 Å². The van der Waals surface area contributed by atoms with Gasteiger partial charge in [-0.25, -0.2) is 15.4 Å². The van der Waals surface area contributed by atoms with Crippen LogP contribution < -0.4 is 5.84 Å². The first-order chi connectivity index (χ1) is 5.37. The van der Waals surface area contributed by atoms with E-state index in [9.17, 15) is 14.4 Å². The molecule has 0 fully saturated rings. The minimum atomic E-state index is -1.79. The number of rotatable bonds is 2. The number of hydrogen-bond donors (Lipinski definition) is 3. The van der Waals surface area contributed by atoms with Gasteiger partial charge in [0, 0.05) is 0 Å². The highest BCUT2D eigenvalue weighted by Crippen LogP contribution is 1.92. The summed E-state index contributed by atoms with van der Waals surface area (Å²) in [7, 11) is 0. The van der Waals surface area contributed by atoms with Crippen molar-refractivity contribution in [3.63, 3.8) is 0 Å². The average Bonchev–Trinajstić information content (AvgIpc) is 2.00. The topological polar surface area (TPSA) is 121 Å². The van der Waals surface area contributed by atoms with E-state index in [1.807, 2.05) is 0 Å². The van der Waals surface area contributed by atoms with Crippen LogP contribution in [0, 0.1) is 0 Å². The fourth-order valence-corrected chi connectivity index (χ4v) is 0.405. The lowest BCUT2D eigenvalue weighted by atomic mass is 10.3. The van der Waals surface area contributed by atoms with Gasteiger partial charge in [0.1, 0.15) is 6.04 Å². The van der Waals surface area contributed by atoms with Crippen molar-refractivity contribution in [2.45, 2.75) is 13.0 Å². The van der Waals surface area contributed by atoms with Gasteiger partial charge in [-0.05, 0) is 6.92 Å². The standard InChI is InChI=1S/C5H8N2O5/c1-2(4(9)10)7(6)3(8)5(11)12/h2H,6H2,1H3,(H,9,10)(H,11,12). The Morgan fingerprint density at radius 3 is 2.00 bits per heavy atom. The van der Waals surface area contributed by atoms with Crippen LogP contribution in [0.4, 0.5) is 0 Å². The quantitative estimate of drug-likeness (QED) is 0.198. The number of hydrazine groups is 1. The molecule has 4 N–H and O–H groups in total. The molecule has 0 heterocycles. The lowest BCUT2D eigenvalue weighted by Gasteiger charge is -2.17. The maximum atomic E-state index is 10.5. The molecule has 1 unspecified atom stereocenters. The number of nitrogens with zero attached hydrogens (tertiary/aromatic N) is 1. The number of carboxylic acids is 2. The zero-order valence-corrected chi connectivity index (χ0v) is 6.22. The van der Waals surface area contributed by atoms with Crippen molar-refractivity contribution in [3.8, 4) is 0 Å². The fraction of sp³-hybridized carbons (Fsp3) is 0.400. The van der Waals surface area contributed by atoms with Crippen molar-refractivity contribution in [2.75, 3.05) is 0 Å². The monoisotopic (exact) mass is 176 g/mol. The lowest BCUT2D eigenvalue weighted by molar-refractivity contribution is -0.160. The molecule has 0 spiro atoms. The average molecular weight is 176 g/mol. The van der Waals surface area contributed by atoms with E-state index in [1.165, 1.54) is 0 Å². The van der Waals surface area contributed by atoms with E-state index in [1.54, 1.807) is 0 Å². The molecule has 0 aliphatic carbocycles. The first-order valence-corrected chi connectivity index (χ1v) is 2.92. The molecular weight excluding hydrogens is 168 g/mol. The van der Waals surface area contributed by atoms with Gasteiger partial charge in [0.05, 0.1) is 0 Å².